The molecule has 3 rings (SSSR count). The van der Waals surface area contributed by atoms with Crippen LogP contribution in [0, 0.1) is 0 Å². The zero-order valence-electron chi connectivity index (χ0n) is 11.5. The fraction of sp³-hybridized carbons (Fsp3) is 0.200. The van der Waals surface area contributed by atoms with Crippen LogP contribution in [0.15, 0.2) is 52.6 Å². The smallest absolute Gasteiger partial charge is 0.200 e. The van der Waals surface area contributed by atoms with Gasteiger partial charge in [0.1, 0.15) is 0 Å². The minimum absolute atomic E-state index is 0.0814. The van der Waals surface area contributed by atoms with E-state index in [0.717, 1.165) is 27.7 Å². The first-order valence-electron chi connectivity index (χ1n) is 6.66. The van der Waals surface area contributed by atoms with E-state index >= 15 is 0 Å². The van der Waals surface area contributed by atoms with Gasteiger partial charge in [0.25, 0.3) is 0 Å². The maximum atomic E-state index is 6.36. The minimum Gasteiger partial charge on any atom is -0.328 e. The quantitative estimate of drug-likeness (QED) is 0.800. The molecule has 2 aromatic heterocycles. The van der Waals surface area contributed by atoms with Gasteiger partial charge in [-0.3, -0.25) is 4.40 Å². The Morgan fingerprint density at radius 2 is 2.10 bits per heavy atom. The predicted octanol–water partition coefficient (Wildman–Crippen LogP) is 3.42. The Bertz CT molecular complexity index is 769. The number of benzene rings is 1. The Labute approximate surface area is 132 Å². The highest BCUT2D eigenvalue weighted by Gasteiger charge is 2.14. The predicted molar refractivity (Wildman–Crippen MR) is 85.9 cm³/mol. The average molecular weight is 319 g/mol. The third-order valence-electron chi connectivity index (χ3n) is 3.07. The zero-order valence-corrected chi connectivity index (χ0v) is 13.1. The average Bonchev–Trinajstić information content (AvgIpc) is 2.85. The van der Waals surface area contributed by atoms with E-state index in [1.807, 2.05) is 47.9 Å². The second-order valence-corrected chi connectivity index (χ2v) is 6.31. The summed E-state index contributed by atoms with van der Waals surface area (Å²) < 4.78 is 1.95. The van der Waals surface area contributed by atoms with E-state index in [4.69, 9.17) is 17.3 Å². The molecular weight excluding hydrogens is 304 g/mol. The van der Waals surface area contributed by atoms with Crippen LogP contribution in [-0.2, 0) is 6.42 Å². The van der Waals surface area contributed by atoms with Gasteiger partial charge in [-0.1, -0.05) is 29.8 Å². The molecule has 0 spiro atoms. The summed E-state index contributed by atoms with van der Waals surface area (Å²) >= 11 is 7.88. The third-order valence-corrected chi connectivity index (χ3v) is 4.64. The summed E-state index contributed by atoms with van der Waals surface area (Å²) in [6.07, 6.45) is 2.72. The summed E-state index contributed by atoms with van der Waals surface area (Å²) in [7, 11) is 0. The summed E-state index contributed by atoms with van der Waals surface area (Å²) in [6, 6.07) is 11.8. The molecule has 4 nitrogen and oxygen atoms in total. The van der Waals surface area contributed by atoms with Gasteiger partial charge in [0.15, 0.2) is 10.8 Å². The Balaban J connectivity index is 2.01. The van der Waals surface area contributed by atoms with E-state index < -0.39 is 0 Å². The van der Waals surface area contributed by atoms with Crippen molar-refractivity contribution in [1.29, 1.82) is 0 Å². The van der Waals surface area contributed by atoms with Gasteiger partial charge in [0.2, 0.25) is 0 Å². The number of rotatable bonds is 4. The van der Waals surface area contributed by atoms with Crippen LogP contribution in [0.5, 0.6) is 0 Å². The van der Waals surface area contributed by atoms with Gasteiger partial charge in [-0.05, 0) is 48.9 Å². The molecule has 6 heteroatoms. The number of aromatic nitrogens is 3. The number of pyridine rings is 1. The van der Waals surface area contributed by atoms with Gasteiger partial charge in [0, 0.05) is 17.1 Å². The topological polar surface area (TPSA) is 56.2 Å². The maximum absolute atomic E-state index is 6.36. The first-order valence-corrected chi connectivity index (χ1v) is 7.85. The number of halogens is 1. The summed E-state index contributed by atoms with van der Waals surface area (Å²) in [5, 5.41) is 9.91. The third kappa shape index (κ3) is 3.05. The van der Waals surface area contributed by atoms with Crippen molar-refractivity contribution in [3.05, 3.63) is 53.2 Å². The van der Waals surface area contributed by atoms with Gasteiger partial charge in [0.05, 0.1) is 5.02 Å². The molecule has 108 valence electrons. The van der Waals surface area contributed by atoms with Crippen molar-refractivity contribution in [3.63, 3.8) is 0 Å². The molecule has 1 aromatic carbocycles. The molecule has 1 unspecified atom stereocenters. The van der Waals surface area contributed by atoms with Gasteiger partial charge in [-0.25, -0.2) is 0 Å². The highest BCUT2D eigenvalue weighted by Crippen LogP contribution is 2.35. The van der Waals surface area contributed by atoms with Crippen LogP contribution >= 0.6 is 23.4 Å². The van der Waals surface area contributed by atoms with E-state index in [1.54, 1.807) is 0 Å². The molecule has 3 aromatic rings. The molecule has 0 saturated carbocycles. The first kappa shape index (κ1) is 14.4. The number of nitrogens with two attached hydrogens (primary N) is 1. The SMILES string of the molecule is CC(N)Cc1cccc(Cl)c1Sc1nnc2ccccn12. The van der Waals surface area contributed by atoms with Crippen molar-refractivity contribution in [1.82, 2.24) is 14.6 Å². The van der Waals surface area contributed by atoms with Crippen molar-refractivity contribution in [2.45, 2.75) is 29.4 Å². The summed E-state index contributed by atoms with van der Waals surface area (Å²) in [5.41, 5.74) is 7.88. The molecule has 0 aliphatic carbocycles. The molecule has 0 fully saturated rings. The van der Waals surface area contributed by atoms with Crippen LogP contribution in [0.4, 0.5) is 0 Å². The van der Waals surface area contributed by atoms with E-state index in [2.05, 4.69) is 16.3 Å². The van der Waals surface area contributed by atoms with Gasteiger partial charge >= 0.3 is 0 Å². The largest absolute Gasteiger partial charge is 0.328 e. The second-order valence-electron chi connectivity index (χ2n) is 4.92. The van der Waals surface area contributed by atoms with E-state index in [0.29, 0.717) is 5.02 Å². The molecule has 1 atom stereocenters. The Morgan fingerprint density at radius 1 is 1.24 bits per heavy atom. The summed E-state index contributed by atoms with van der Waals surface area (Å²) in [5.74, 6) is 0. The lowest BCUT2D eigenvalue weighted by Crippen LogP contribution is -2.18. The summed E-state index contributed by atoms with van der Waals surface area (Å²) in [4.78, 5) is 0.995. The summed E-state index contributed by atoms with van der Waals surface area (Å²) in [6.45, 7) is 1.99. The number of hydrogen-bond acceptors (Lipinski definition) is 4. The molecule has 0 aliphatic rings. The van der Waals surface area contributed by atoms with Crippen molar-refractivity contribution in [2.75, 3.05) is 0 Å². The fourth-order valence-corrected chi connectivity index (χ4v) is 3.43. The second kappa shape index (κ2) is 6.05. The van der Waals surface area contributed by atoms with Crippen LogP contribution in [-0.4, -0.2) is 20.6 Å². The van der Waals surface area contributed by atoms with Crippen molar-refractivity contribution < 1.29 is 0 Å². The molecule has 2 N–H and O–H groups in total. The molecule has 0 saturated heterocycles. The molecule has 0 bridgehead atoms. The van der Waals surface area contributed by atoms with E-state index in [-0.39, 0.29) is 6.04 Å². The monoisotopic (exact) mass is 318 g/mol. The van der Waals surface area contributed by atoms with Gasteiger partial charge < -0.3 is 5.73 Å². The molecule has 0 aliphatic heterocycles. The number of hydrogen-bond donors (Lipinski definition) is 1. The maximum Gasteiger partial charge on any atom is 0.200 e. The lowest BCUT2D eigenvalue weighted by atomic mass is 10.1. The lowest BCUT2D eigenvalue weighted by molar-refractivity contribution is 0.729. The van der Waals surface area contributed by atoms with E-state index in [9.17, 15) is 0 Å². The molecule has 21 heavy (non-hydrogen) atoms. The van der Waals surface area contributed by atoms with Crippen molar-refractivity contribution in [2.24, 2.45) is 5.73 Å². The van der Waals surface area contributed by atoms with Crippen LogP contribution in [0.25, 0.3) is 5.65 Å². The van der Waals surface area contributed by atoms with Crippen molar-refractivity contribution in [3.8, 4) is 0 Å². The number of fused-ring (bicyclic) bond motifs is 1. The highest BCUT2D eigenvalue weighted by molar-refractivity contribution is 7.99. The van der Waals surface area contributed by atoms with E-state index in [1.165, 1.54) is 11.8 Å². The Hall–Kier alpha value is -1.56. The van der Waals surface area contributed by atoms with Gasteiger partial charge in [-0.15, -0.1) is 10.2 Å². The molecular formula is C15H15ClN4S. The molecule has 0 amide bonds. The first-order chi connectivity index (χ1) is 10.1. The van der Waals surface area contributed by atoms with Gasteiger partial charge in [-0.2, -0.15) is 0 Å². The Morgan fingerprint density at radius 3 is 2.90 bits per heavy atom. The van der Waals surface area contributed by atoms with Crippen LogP contribution in [0.3, 0.4) is 0 Å². The molecule has 2 heterocycles. The van der Waals surface area contributed by atoms with Crippen LogP contribution in [0.1, 0.15) is 12.5 Å². The normalized spacial score (nSPS) is 12.7. The standard InChI is InChI=1S/C15H15ClN4S/c1-10(17)9-11-5-4-6-12(16)14(11)21-15-19-18-13-7-2-3-8-20(13)15/h2-8,10H,9,17H2,1H3. The van der Waals surface area contributed by atoms with Crippen LogP contribution in [0.2, 0.25) is 5.02 Å². The van der Waals surface area contributed by atoms with Crippen molar-refractivity contribution >= 4 is 29.0 Å². The zero-order chi connectivity index (χ0) is 14.8. The minimum atomic E-state index is 0.0814. The lowest BCUT2D eigenvalue weighted by Gasteiger charge is -2.12. The molecule has 0 radical (unpaired) electrons. The highest BCUT2D eigenvalue weighted by atomic mass is 35.5. The van der Waals surface area contributed by atoms with Crippen LogP contribution < -0.4 is 5.73 Å². The Kier molecular flexibility index (Phi) is 4.14. The fourth-order valence-electron chi connectivity index (χ4n) is 2.16. The number of nitrogens with zero attached hydrogens (tertiary/aromatic N) is 3.